The summed E-state index contributed by atoms with van der Waals surface area (Å²) in [5.74, 6) is -0.107. The maximum Gasteiger partial charge on any atom is 0.272 e. The van der Waals surface area contributed by atoms with Gasteiger partial charge in [-0.15, -0.1) is 0 Å². The van der Waals surface area contributed by atoms with Crippen LogP contribution in [0.1, 0.15) is 46.6 Å². The lowest BCUT2D eigenvalue weighted by Crippen LogP contribution is -2.50. The average Bonchev–Trinajstić information content (AvgIpc) is 3.12. The van der Waals surface area contributed by atoms with Crippen LogP contribution in [-0.2, 0) is 28.9 Å². The van der Waals surface area contributed by atoms with Crippen molar-refractivity contribution >= 4 is 5.91 Å². The van der Waals surface area contributed by atoms with Gasteiger partial charge in [-0.05, 0) is 37.7 Å². The molecule has 6 nitrogen and oxygen atoms in total. The maximum atomic E-state index is 12.8. The van der Waals surface area contributed by atoms with E-state index in [-0.39, 0.29) is 18.1 Å². The number of nitrogens with one attached hydrogen (secondary N) is 2. The first-order valence-corrected chi connectivity index (χ1v) is 9.41. The van der Waals surface area contributed by atoms with E-state index in [0.29, 0.717) is 25.5 Å². The molecule has 6 heteroatoms. The number of carbonyl (C=O) groups excluding carboxylic acids is 1. The van der Waals surface area contributed by atoms with E-state index in [0.717, 1.165) is 48.9 Å². The summed E-state index contributed by atoms with van der Waals surface area (Å²) in [7, 11) is 0. The molecule has 4 rings (SSSR count). The van der Waals surface area contributed by atoms with Crippen LogP contribution in [0.2, 0.25) is 0 Å². The first-order valence-electron chi connectivity index (χ1n) is 9.41. The van der Waals surface area contributed by atoms with E-state index >= 15 is 0 Å². The lowest BCUT2D eigenvalue weighted by molar-refractivity contribution is -0.0736. The van der Waals surface area contributed by atoms with E-state index < -0.39 is 0 Å². The second-order valence-corrected chi connectivity index (χ2v) is 7.02. The molecule has 2 atom stereocenters. The molecule has 0 spiro atoms. The largest absolute Gasteiger partial charge is 0.379 e. The van der Waals surface area contributed by atoms with Crippen molar-refractivity contribution in [2.45, 2.75) is 50.9 Å². The van der Waals surface area contributed by atoms with Crippen LogP contribution in [0, 0.1) is 0 Å². The van der Waals surface area contributed by atoms with Crippen molar-refractivity contribution in [3.8, 4) is 0 Å². The van der Waals surface area contributed by atoms with Crippen LogP contribution in [0.25, 0.3) is 0 Å². The van der Waals surface area contributed by atoms with Gasteiger partial charge in [0.15, 0.2) is 5.69 Å². The molecule has 0 saturated carbocycles. The molecule has 1 aromatic carbocycles. The van der Waals surface area contributed by atoms with Gasteiger partial charge in [0.25, 0.3) is 5.91 Å². The Balaban J connectivity index is 1.40. The molecule has 0 radical (unpaired) electrons. The van der Waals surface area contributed by atoms with E-state index in [1.54, 1.807) is 0 Å². The van der Waals surface area contributed by atoms with Gasteiger partial charge in [0.05, 0.1) is 19.3 Å². The minimum Gasteiger partial charge on any atom is -0.379 e. The predicted octanol–water partition coefficient (Wildman–Crippen LogP) is 2.39. The Bertz CT molecular complexity index is 744. The number of hydrogen-bond donors (Lipinski definition) is 2. The SMILES string of the molecule is O=C(N[C@H]1CCOC[C@@H]1OCc1ccccc1)c1n[nH]c2c1CCCC2. The summed E-state index contributed by atoms with van der Waals surface area (Å²) in [5.41, 5.74) is 3.87. The summed E-state index contributed by atoms with van der Waals surface area (Å²) in [6.45, 7) is 1.64. The number of amides is 1. The lowest BCUT2D eigenvalue weighted by Gasteiger charge is -2.32. The fraction of sp³-hybridized carbons (Fsp3) is 0.500. The van der Waals surface area contributed by atoms with Crippen molar-refractivity contribution in [3.05, 3.63) is 52.8 Å². The van der Waals surface area contributed by atoms with Gasteiger partial charge in [-0.25, -0.2) is 0 Å². The second-order valence-electron chi connectivity index (χ2n) is 7.02. The molecule has 2 aromatic rings. The number of benzene rings is 1. The van der Waals surface area contributed by atoms with Crippen LogP contribution >= 0.6 is 0 Å². The Morgan fingerprint density at radius 3 is 3.00 bits per heavy atom. The van der Waals surface area contributed by atoms with E-state index in [9.17, 15) is 4.79 Å². The van der Waals surface area contributed by atoms with Crippen molar-refractivity contribution in [2.24, 2.45) is 0 Å². The fourth-order valence-electron chi connectivity index (χ4n) is 3.72. The Morgan fingerprint density at radius 1 is 1.27 bits per heavy atom. The first-order chi connectivity index (χ1) is 12.8. The van der Waals surface area contributed by atoms with Crippen LogP contribution in [-0.4, -0.2) is 41.5 Å². The molecular formula is C20H25N3O3. The third-order valence-corrected chi connectivity index (χ3v) is 5.20. The molecule has 1 aliphatic heterocycles. The number of ether oxygens (including phenoxy) is 2. The second kappa shape index (κ2) is 8.01. The van der Waals surface area contributed by atoms with Gasteiger partial charge >= 0.3 is 0 Å². The molecule has 0 bridgehead atoms. The van der Waals surface area contributed by atoms with Crippen LogP contribution in [0.5, 0.6) is 0 Å². The average molecular weight is 355 g/mol. The molecule has 2 N–H and O–H groups in total. The maximum absolute atomic E-state index is 12.8. The number of H-pyrrole nitrogens is 1. The number of nitrogens with zero attached hydrogens (tertiary/aromatic N) is 1. The Kier molecular flexibility index (Phi) is 5.32. The molecule has 0 unspecified atom stereocenters. The molecular weight excluding hydrogens is 330 g/mol. The predicted molar refractivity (Wildman–Crippen MR) is 96.9 cm³/mol. The molecule has 138 valence electrons. The summed E-state index contributed by atoms with van der Waals surface area (Å²) < 4.78 is 11.6. The molecule has 1 aromatic heterocycles. The molecule has 1 aliphatic carbocycles. The molecule has 2 heterocycles. The van der Waals surface area contributed by atoms with Crippen LogP contribution < -0.4 is 5.32 Å². The highest BCUT2D eigenvalue weighted by atomic mass is 16.5. The summed E-state index contributed by atoms with van der Waals surface area (Å²) in [6, 6.07) is 9.99. The van der Waals surface area contributed by atoms with Gasteiger partial charge in [-0.2, -0.15) is 5.10 Å². The number of carbonyl (C=O) groups is 1. The zero-order valence-electron chi connectivity index (χ0n) is 14.9. The standard InChI is InChI=1S/C20H25N3O3/c24-20(19-15-8-4-5-9-16(15)22-23-19)21-17-10-11-25-13-18(17)26-12-14-6-2-1-3-7-14/h1-3,6-7,17-18H,4-5,8-13H2,(H,21,24)(H,22,23)/t17-,18-/m0/s1. The minimum absolute atomic E-state index is 0.0593. The van der Waals surface area contributed by atoms with Crippen molar-refractivity contribution < 1.29 is 14.3 Å². The molecule has 1 fully saturated rings. The van der Waals surface area contributed by atoms with Gasteiger partial charge in [-0.1, -0.05) is 30.3 Å². The summed E-state index contributed by atoms with van der Waals surface area (Å²) in [4.78, 5) is 12.8. The Morgan fingerprint density at radius 2 is 2.12 bits per heavy atom. The Hall–Kier alpha value is -2.18. The molecule has 1 saturated heterocycles. The van der Waals surface area contributed by atoms with Crippen molar-refractivity contribution in [1.29, 1.82) is 0 Å². The number of aromatic amines is 1. The van der Waals surface area contributed by atoms with Crippen LogP contribution in [0.15, 0.2) is 30.3 Å². The van der Waals surface area contributed by atoms with Gasteiger partial charge in [0.1, 0.15) is 6.10 Å². The molecule has 1 amide bonds. The fourth-order valence-corrected chi connectivity index (χ4v) is 3.72. The number of hydrogen-bond acceptors (Lipinski definition) is 4. The summed E-state index contributed by atoms with van der Waals surface area (Å²) in [6.07, 6.45) is 4.78. The van der Waals surface area contributed by atoms with E-state index in [2.05, 4.69) is 15.5 Å². The van der Waals surface area contributed by atoms with Gasteiger partial charge in [0.2, 0.25) is 0 Å². The van der Waals surface area contributed by atoms with E-state index in [4.69, 9.17) is 9.47 Å². The van der Waals surface area contributed by atoms with Crippen LogP contribution in [0.4, 0.5) is 0 Å². The smallest absolute Gasteiger partial charge is 0.272 e. The monoisotopic (exact) mass is 355 g/mol. The number of aryl methyl sites for hydroxylation is 1. The van der Waals surface area contributed by atoms with E-state index in [1.807, 2.05) is 30.3 Å². The van der Waals surface area contributed by atoms with E-state index in [1.165, 1.54) is 0 Å². The number of aromatic nitrogens is 2. The normalized spacial score (nSPS) is 22.6. The van der Waals surface area contributed by atoms with Gasteiger partial charge in [-0.3, -0.25) is 9.89 Å². The summed E-state index contributed by atoms with van der Waals surface area (Å²) in [5, 5.41) is 10.4. The third kappa shape index (κ3) is 3.81. The highest BCUT2D eigenvalue weighted by molar-refractivity contribution is 5.94. The zero-order valence-corrected chi connectivity index (χ0v) is 14.9. The topological polar surface area (TPSA) is 76.2 Å². The quantitative estimate of drug-likeness (QED) is 0.863. The zero-order chi connectivity index (χ0) is 17.8. The molecule has 26 heavy (non-hydrogen) atoms. The van der Waals surface area contributed by atoms with Gasteiger partial charge < -0.3 is 14.8 Å². The van der Waals surface area contributed by atoms with Crippen LogP contribution in [0.3, 0.4) is 0 Å². The summed E-state index contributed by atoms with van der Waals surface area (Å²) >= 11 is 0. The first kappa shape index (κ1) is 17.2. The highest BCUT2D eigenvalue weighted by Crippen LogP contribution is 2.22. The van der Waals surface area contributed by atoms with Crippen molar-refractivity contribution in [3.63, 3.8) is 0 Å². The lowest BCUT2D eigenvalue weighted by atomic mass is 9.95. The minimum atomic E-state index is -0.150. The Labute approximate surface area is 153 Å². The van der Waals surface area contributed by atoms with Crippen molar-refractivity contribution in [2.75, 3.05) is 13.2 Å². The van der Waals surface area contributed by atoms with Crippen molar-refractivity contribution in [1.82, 2.24) is 15.5 Å². The highest BCUT2D eigenvalue weighted by Gasteiger charge is 2.30. The number of rotatable bonds is 5. The molecule has 2 aliphatic rings. The van der Waals surface area contributed by atoms with Gasteiger partial charge in [0, 0.05) is 17.9 Å². The third-order valence-electron chi connectivity index (χ3n) is 5.20. The number of fused-ring (bicyclic) bond motifs is 1.